The Kier molecular flexibility index (Phi) is 6.48. The SMILES string of the molecule is Cc1ccc(NC(=O)CSc2nnc(-c3ccccc3F)n2-c2ccccc2)c(Br)c1. The lowest BCUT2D eigenvalue weighted by molar-refractivity contribution is -0.113. The number of hydrogen-bond donors (Lipinski definition) is 1. The predicted octanol–water partition coefficient (Wildman–Crippen LogP) is 5.88. The molecule has 0 fully saturated rings. The molecule has 156 valence electrons. The van der Waals surface area contributed by atoms with Crippen molar-refractivity contribution in [1.82, 2.24) is 14.8 Å². The standard InChI is InChI=1S/C23H18BrFN4OS/c1-15-11-12-20(18(24)13-15)26-21(30)14-31-23-28-27-22(17-9-5-6-10-19(17)25)29(23)16-7-3-2-4-8-16/h2-13H,14H2,1H3,(H,26,30). The van der Waals surface area contributed by atoms with Crippen LogP contribution in [0.4, 0.5) is 10.1 Å². The molecule has 4 aromatic rings. The number of benzene rings is 3. The molecule has 1 aromatic heterocycles. The van der Waals surface area contributed by atoms with Crippen LogP contribution in [0.15, 0.2) is 82.4 Å². The average molecular weight is 497 g/mol. The van der Waals surface area contributed by atoms with Crippen LogP contribution in [0.2, 0.25) is 0 Å². The van der Waals surface area contributed by atoms with Crippen LogP contribution in [-0.2, 0) is 4.79 Å². The molecule has 1 heterocycles. The van der Waals surface area contributed by atoms with Gasteiger partial charge < -0.3 is 5.32 Å². The average Bonchev–Trinajstić information content (AvgIpc) is 3.19. The fraction of sp³-hybridized carbons (Fsp3) is 0.0870. The van der Waals surface area contributed by atoms with Crippen molar-refractivity contribution in [3.05, 3.63) is 88.6 Å². The third-order valence-corrected chi connectivity index (χ3v) is 6.08. The highest BCUT2D eigenvalue weighted by atomic mass is 79.9. The Hall–Kier alpha value is -2.97. The molecule has 0 saturated heterocycles. The van der Waals surface area contributed by atoms with Crippen LogP contribution in [-0.4, -0.2) is 26.4 Å². The third-order valence-electron chi connectivity index (χ3n) is 4.49. The summed E-state index contributed by atoms with van der Waals surface area (Å²) in [7, 11) is 0. The molecule has 0 radical (unpaired) electrons. The Morgan fingerprint density at radius 2 is 1.81 bits per heavy atom. The van der Waals surface area contributed by atoms with Crippen molar-refractivity contribution < 1.29 is 9.18 Å². The molecule has 1 N–H and O–H groups in total. The molecule has 0 bridgehead atoms. The number of aryl methyl sites for hydroxylation is 1. The molecule has 4 rings (SSSR count). The topological polar surface area (TPSA) is 59.8 Å². The van der Waals surface area contributed by atoms with E-state index in [4.69, 9.17) is 0 Å². The van der Waals surface area contributed by atoms with Gasteiger partial charge in [0.25, 0.3) is 0 Å². The molecule has 0 aliphatic heterocycles. The first-order valence-electron chi connectivity index (χ1n) is 9.47. The van der Waals surface area contributed by atoms with Crippen LogP contribution in [0.5, 0.6) is 0 Å². The number of anilines is 1. The number of nitrogens with zero attached hydrogens (tertiary/aromatic N) is 3. The van der Waals surface area contributed by atoms with E-state index in [1.807, 2.05) is 55.5 Å². The summed E-state index contributed by atoms with van der Waals surface area (Å²) in [6, 6.07) is 21.6. The van der Waals surface area contributed by atoms with E-state index in [0.717, 1.165) is 15.7 Å². The van der Waals surface area contributed by atoms with Crippen molar-refractivity contribution >= 4 is 39.3 Å². The predicted molar refractivity (Wildman–Crippen MR) is 125 cm³/mol. The van der Waals surface area contributed by atoms with Gasteiger partial charge in [0, 0.05) is 10.2 Å². The lowest BCUT2D eigenvalue weighted by Gasteiger charge is -2.11. The van der Waals surface area contributed by atoms with Gasteiger partial charge in [-0.15, -0.1) is 10.2 Å². The van der Waals surface area contributed by atoms with Gasteiger partial charge in [0.05, 0.1) is 17.0 Å². The van der Waals surface area contributed by atoms with Gasteiger partial charge in [0.1, 0.15) is 5.82 Å². The lowest BCUT2D eigenvalue weighted by atomic mass is 10.2. The molecule has 31 heavy (non-hydrogen) atoms. The Labute approximate surface area is 191 Å². The molecule has 0 saturated carbocycles. The van der Waals surface area contributed by atoms with Gasteiger partial charge in [-0.25, -0.2) is 4.39 Å². The van der Waals surface area contributed by atoms with Crippen molar-refractivity contribution in [3.8, 4) is 17.1 Å². The number of aromatic nitrogens is 3. The molecule has 8 heteroatoms. The Bertz CT molecular complexity index is 1230. The first-order chi connectivity index (χ1) is 15.0. The zero-order valence-corrected chi connectivity index (χ0v) is 19.0. The fourth-order valence-corrected chi connectivity index (χ4v) is 4.37. The van der Waals surface area contributed by atoms with E-state index >= 15 is 0 Å². The highest BCUT2D eigenvalue weighted by Gasteiger charge is 2.19. The van der Waals surface area contributed by atoms with Crippen molar-refractivity contribution in [1.29, 1.82) is 0 Å². The van der Waals surface area contributed by atoms with E-state index in [1.165, 1.54) is 17.8 Å². The van der Waals surface area contributed by atoms with Crippen LogP contribution in [0.25, 0.3) is 17.1 Å². The van der Waals surface area contributed by atoms with Gasteiger partial charge in [-0.05, 0) is 64.8 Å². The maximum Gasteiger partial charge on any atom is 0.234 e. The molecular formula is C23H18BrFN4OS. The lowest BCUT2D eigenvalue weighted by Crippen LogP contribution is -2.15. The van der Waals surface area contributed by atoms with Gasteiger partial charge in [-0.1, -0.05) is 48.2 Å². The van der Waals surface area contributed by atoms with E-state index < -0.39 is 0 Å². The first-order valence-corrected chi connectivity index (χ1v) is 11.3. The molecule has 0 spiro atoms. The molecule has 0 aliphatic carbocycles. The van der Waals surface area contributed by atoms with E-state index in [0.29, 0.717) is 22.2 Å². The van der Waals surface area contributed by atoms with Crippen LogP contribution >= 0.6 is 27.7 Å². The van der Waals surface area contributed by atoms with Crippen LogP contribution in [0.3, 0.4) is 0 Å². The van der Waals surface area contributed by atoms with E-state index in [2.05, 4.69) is 31.4 Å². The molecule has 5 nitrogen and oxygen atoms in total. The van der Waals surface area contributed by atoms with Gasteiger partial charge in [-0.3, -0.25) is 9.36 Å². The van der Waals surface area contributed by atoms with Crippen molar-refractivity contribution in [2.24, 2.45) is 0 Å². The Morgan fingerprint density at radius 3 is 2.55 bits per heavy atom. The van der Waals surface area contributed by atoms with Crippen LogP contribution in [0, 0.1) is 12.7 Å². The second-order valence-electron chi connectivity index (χ2n) is 6.78. The summed E-state index contributed by atoms with van der Waals surface area (Å²) in [5.41, 5.74) is 2.93. The summed E-state index contributed by atoms with van der Waals surface area (Å²) in [5.74, 6) is -0.0496. The Balaban J connectivity index is 1.60. The highest BCUT2D eigenvalue weighted by Crippen LogP contribution is 2.30. The largest absolute Gasteiger partial charge is 0.324 e. The number of hydrogen-bond acceptors (Lipinski definition) is 4. The first kappa shape index (κ1) is 21.3. The van der Waals surface area contributed by atoms with Crippen molar-refractivity contribution in [2.45, 2.75) is 12.1 Å². The number of rotatable bonds is 6. The van der Waals surface area contributed by atoms with Gasteiger partial charge >= 0.3 is 0 Å². The summed E-state index contributed by atoms with van der Waals surface area (Å²) >= 11 is 4.71. The molecule has 0 aliphatic rings. The number of nitrogens with one attached hydrogen (secondary N) is 1. The molecule has 0 atom stereocenters. The van der Waals surface area contributed by atoms with Gasteiger partial charge in [-0.2, -0.15) is 0 Å². The van der Waals surface area contributed by atoms with Gasteiger partial charge in [0.15, 0.2) is 11.0 Å². The number of thioether (sulfide) groups is 1. The number of amides is 1. The summed E-state index contributed by atoms with van der Waals surface area (Å²) in [5, 5.41) is 11.9. The molecular weight excluding hydrogens is 479 g/mol. The number of para-hydroxylation sites is 1. The second-order valence-corrected chi connectivity index (χ2v) is 8.57. The summed E-state index contributed by atoms with van der Waals surface area (Å²) < 4.78 is 17.0. The summed E-state index contributed by atoms with van der Waals surface area (Å²) in [6.45, 7) is 1.98. The smallest absolute Gasteiger partial charge is 0.234 e. The van der Waals surface area contributed by atoms with Crippen molar-refractivity contribution in [3.63, 3.8) is 0 Å². The number of halogens is 2. The minimum absolute atomic E-state index is 0.128. The third kappa shape index (κ3) is 4.86. The maximum absolute atomic E-state index is 14.4. The molecule has 1 amide bonds. The monoisotopic (exact) mass is 496 g/mol. The van der Waals surface area contributed by atoms with E-state index in [-0.39, 0.29) is 17.5 Å². The van der Waals surface area contributed by atoms with Crippen molar-refractivity contribution in [2.75, 3.05) is 11.1 Å². The zero-order valence-electron chi connectivity index (χ0n) is 16.5. The zero-order chi connectivity index (χ0) is 21.8. The number of carbonyl (C=O) groups excluding carboxylic acids is 1. The highest BCUT2D eigenvalue weighted by molar-refractivity contribution is 9.10. The molecule has 3 aromatic carbocycles. The van der Waals surface area contributed by atoms with Crippen LogP contribution < -0.4 is 5.32 Å². The van der Waals surface area contributed by atoms with E-state index in [9.17, 15) is 9.18 Å². The summed E-state index contributed by atoms with van der Waals surface area (Å²) in [6.07, 6.45) is 0. The normalized spacial score (nSPS) is 10.8. The van der Waals surface area contributed by atoms with Crippen LogP contribution in [0.1, 0.15) is 5.56 Å². The number of carbonyl (C=O) groups is 1. The van der Waals surface area contributed by atoms with E-state index in [1.54, 1.807) is 22.8 Å². The quantitative estimate of drug-likeness (QED) is 0.339. The Morgan fingerprint density at radius 1 is 1.06 bits per heavy atom. The minimum Gasteiger partial charge on any atom is -0.324 e. The molecule has 0 unspecified atom stereocenters. The van der Waals surface area contributed by atoms with Gasteiger partial charge in [0.2, 0.25) is 5.91 Å². The minimum atomic E-state index is -0.384. The second kappa shape index (κ2) is 9.45. The summed E-state index contributed by atoms with van der Waals surface area (Å²) in [4.78, 5) is 12.5. The fourth-order valence-electron chi connectivity index (χ4n) is 3.03. The maximum atomic E-state index is 14.4.